The van der Waals surface area contributed by atoms with E-state index >= 15 is 0 Å². The van der Waals surface area contributed by atoms with Crippen molar-refractivity contribution in [2.24, 2.45) is 12.8 Å². The van der Waals surface area contributed by atoms with Crippen molar-refractivity contribution in [1.82, 2.24) is 29.6 Å². The van der Waals surface area contributed by atoms with Crippen LogP contribution in [0.15, 0.2) is 43.3 Å². The molecule has 0 spiro atoms. The topological polar surface area (TPSA) is 153 Å². The first-order valence-corrected chi connectivity index (χ1v) is 11.5. The van der Waals surface area contributed by atoms with Gasteiger partial charge in [0.25, 0.3) is 5.91 Å². The zero-order valence-corrected chi connectivity index (χ0v) is 20.9. The summed E-state index contributed by atoms with van der Waals surface area (Å²) in [4.78, 5) is 39.2. The first-order valence-electron chi connectivity index (χ1n) is 11.5. The number of aryl methyl sites for hydroxylation is 1. The molecule has 1 saturated heterocycles. The normalized spacial score (nSPS) is 13.6. The molecule has 4 N–H and O–H groups in total. The van der Waals surface area contributed by atoms with Gasteiger partial charge in [-0.15, -0.1) is 0 Å². The summed E-state index contributed by atoms with van der Waals surface area (Å²) in [5.74, 6) is -1.84. The number of pyridine rings is 1. The molecule has 0 radical (unpaired) electrons. The number of rotatable bonds is 7. The second kappa shape index (κ2) is 13.2. The Balaban J connectivity index is 0.00000121. The number of carbonyl (C=O) groups is 2. The highest BCUT2D eigenvalue weighted by molar-refractivity contribution is 6.24. The molecule has 2 amide bonds. The minimum atomic E-state index is -0.903. The maximum absolute atomic E-state index is 14.3. The number of hydrogen-bond acceptors (Lipinski definition) is 9. The number of nitrogens with two attached hydrogens (primary N) is 1. The molecule has 4 heterocycles. The van der Waals surface area contributed by atoms with E-state index in [-0.39, 0.29) is 35.1 Å². The van der Waals surface area contributed by atoms with Gasteiger partial charge in [0.1, 0.15) is 0 Å². The number of nitrogens with zero attached hydrogens (tertiary/aromatic N) is 6. The van der Waals surface area contributed by atoms with Gasteiger partial charge in [-0.05, 0) is 32.0 Å². The fourth-order valence-corrected chi connectivity index (χ4v) is 3.59. The van der Waals surface area contributed by atoms with Crippen LogP contribution in [-0.2, 0) is 21.4 Å². The van der Waals surface area contributed by atoms with E-state index in [0.29, 0.717) is 5.69 Å². The largest absolute Gasteiger partial charge is 0.404 e. The fourth-order valence-electron chi connectivity index (χ4n) is 3.59. The van der Waals surface area contributed by atoms with Crippen LogP contribution in [-0.4, -0.2) is 75.3 Å². The molecule has 3 aromatic rings. The number of carbonyl (C=O) groups excluding carboxylic acids is 2. The molecule has 0 unspecified atom stereocenters. The lowest BCUT2D eigenvalue weighted by molar-refractivity contribution is -0.117. The number of hydrogen-bond donors (Lipinski definition) is 3. The molecule has 1 fully saturated rings. The van der Waals surface area contributed by atoms with Crippen molar-refractivity contribution in [3.05, 3.63) is 54.9 Å². The number of likely N-dealkylation sites (tertiary alicyclic amines) is 1. The third-order valence-corrected chi connectivity index (χ3v) is 5.28. The molecule has 0 aliphatic carbocycles. The van der Waals surface area contributed by atoms with E-state index < -0.39 is 11.9 Å². The first kappa shape index (κ1) is 27.4. The van der Waals surface area contributed by atoms with Crippen molar-refractivity contribution in [3.8, 4) is 11.3 Å². The van der Waals surface area contributed by atoms with Crippen LogP contribution in [0, 0.1) is 5.95 Å². The Morgan fingerprint density at radius 2 is 1.84 bits per heavy atom. The van der Waals surface area contributed by atoms with Crippen molar-refractivity contribution in [1.29, 1.82) is 0 Å². The van der Waals surface area contributed by atoms with Crippen molar-refractivity contribution >= 4 is 28.8 Å². The van der Waals surface area contributed by atoms with Crippen LogP contribution in [0.3, 0.4) is 0 Å². The molecule has 4 rings (SSSR count). The lowest BCUT2D eigenvalue weighted by Gasteiger charge is -2.14. The fraction of sp³-hybridized carbons (Fsp3) is 0.333. The van der Waals surface area contributed by atoms with Crippen LogP contribution in [0.25, 0.3) is 16.8 Å². The molecule has 0 atom stereocenters. The second-order valence-corrected chi connectivity index (χ2v) is 8.23. The van der Waals surface area contributed by atoms with Crippen molar-refractivity contribution in [2.75, 3.05) is 44.5 Å². The van der Waals surface area contributed by atoms with Crippen LogP contribution >= 0.6 is 0 Å². The second-order valence-electron chi connectivity index (χ2n) is 8.23. The van der Waals surface area contributed by atoms with E-state index in [1.807, 2.05) is 4.90 Å². The molecular weight excluding hydrogens is 481 g/mol. The quantitative estimate of drug-likeness (QED) is 0.317. The Bertz CT molecular complexity index is 1240. The maximum atomic E-state index is 14.3. The monoisotopic (exact) mass is 511 g/mol. The van der Waals surface area contributed by atoms with E-state index in [0.717, 1.165) is 37.7 Å². The molecule has 0 aromatic carbocycles. The Morgan fingerprint density at radius 1 is 1.11 bits per heavy atom. The summed E-state index contributed by atoms with van der Waals surface area (Å²) in [5.41, 5.74) is 7.24. The Morgan fingerprint density at radius 3 is 2.43 bits per heavy atom. The molecule has 0 bridgehead atoms. The van der Waals surface area contributed by atoms with Crippen LogP contribution < -0.4 is 16.4 Å². The highest BCUT2D eigenvalue weighted by Crippen LogP contribution is 2.21. The maximum Gasteiger partial charge on any atom is 0.259 e. The number of aromatic nitrogens is 5. The average molecular weight is 512 g/mol. The van der Waals surface area contributed by atoms with Crippen molar-refractivity contribution in [2.45, 2.75) is 12.8 Å². The molecule has 3 aromatic heterocycles. The Kier molecular flexibility index (Phi) is 9.75. The minimum Gasteiger partial charge on any atom is -0.404 e. The molecule has 1 aliphatic rings. The summed E-state index contributed by atoms with van der Waals surface area (Å²) < 4.78 is 20.2. The smallest absolute Gasteiger partial charge is 0.259 e. The Hall–Kier alpha value is -4.23. The molecular formula is C24H30FN9O3. The highest BCUT2D eigenvalue weighted by atomic mass is 19.1. The summed E-state index contributed by atoms with van der Waals surface area (Å²) >= 11 is 0. The lowest BCUT2D eigenvalue weighted by Crippen LogP contribution is -2.31. The molecule has 13 heteroatoms. The zero-order chi connectivity index (χ0) is 26.8. The number of ether oxygens (including phenoxy) is 1. The van der Waals surface area contributed by atoms with E-state index in [2.05, 4.69) is 35.4 Å². The van der Waals surface area contributed by atoms with Gasteiger partial charge >= 0.3 is 0 Å². The molecule has 12 nitrogen and oxygen atoms in total. The standard InChI is InChI=1S/C22H24FN9O2.C2H6O/c1-31-12-14(8-28-31)18-10-26-19(11-25-18)16(7-24)22(34)30-17-6-15(9-27-21(17)23)29-20(33)13-32-4-2-3-5-32;1-3-2/h6-12H,2-5,13,24H2,1H3,(H,29,33)(H,30,34);1-2H3/b16-7+;. The SMILES string of the molecule is COC.Cn1cc(-c2cnc(/C(=C\N)C(=O)Nc3cc(NC(=O)CN4CCCC4)cnc3F)cn2)cn1. The van der Waals surface area contributed by atoms with Crippen LogP contribution in [0.2, 0.25) is 0 Å². The van der Waals surface area contributed by atoms with Gasteiger partial charge in [0, 0.05) is 39.2 Å². The van der Waals surface area contributed by atoms with Gasteiger partial charge in [-0.2, -0.15) is 9.49 Å². The van der Waals surface area contributed by atoms with E-state index in [1.165, 1.54) is 24.7 Å². The predicted molar refractivity (Wildman–Crippen MR) is 136 cm³/mol. The number of halogens is 1. The third kappa shape index (κ3) is 7.62. The van der Waals surface area contributed by atoms with Gasteiger partial charge in [0.05, 0.1) is 59.7 Å². The third-order valence-electron chi connectivity index (χ3n) is 5.28. The lowest BCUT2D eigenvalue weighted by atomic mass is 10.2. The average Bonchev–Trinajstić information content (AvgIpc) is 3.54. The number of nitrogens with one attached hydrogen (secondary N) is 2. The van der Waals surface area contributed by atoms with Crippen molar-refractivity contribution in [3.63, 3.8) is 0 Å². The number of methoxy groups -OCH3 is 1. The van der Waals surface area contributed by atoms with E-state index in [4.69, 9.17) is 5.73 Å². The van der Waals surface area contributed by atoms with E-state index in [1.54, 1.807) is 38.3 Å². The summed E-state index contributed by atoms with van der Waals surface area (Å²) in [5, 5.41) is 9.19. The summed E-state index contributed by atoms with van der Waals surface area (Å²) in [6.07, 6.45) is 10.7. The number of anilines is 2. The molecule has 1 aliphatic heterocycles. The molecule has 37 heavy (non-hydrogen) atoms. The minimum absolute atomic E-state index is 0.00638. The van der Waals surface area contributed by atoms with Gasteiger partial charge in [0.2, 0.25) is 11.9 Å². The van der Waals surface area contributed by atoms with Crippen molar-refractivity contribution < 1.29 is 18.7 Å². The summed E-state index contributed by atoms with van der Waals surface area (Å²) in [6.45, 7) is 1.99. The Labute approximate surface area is 213 Å². The van der Waals surface area contributed by atoms with Gasteiger partial charge in [-0.3, -0.25) is 29.1 Å². The van der Waals surface area contributed by atoms with Gasteiger partial charge < -0.3 is 21.1 Å². The van der Waals surface area contributed by atoms with Crippen LogP contribution in [0.5, 0.6) is 0 Å². The van der Waals surface area contributed by atoms with Crippen LogP contribution in [0.1, 0.15) is 18.5 Å². The van der Waals surface area contributed by atoms with Gasteiger partial charge in [-0.1, -0.05) is 0 Å². The zero-order valence-electron chi connectivity index (χ0n) is 20.9. The predicted octanol–water partition coefficient (Wildman–Crippen LogP) is 1.65. The number of amides is 2. The summed E-state index contributed by atoms with van der Waals surface area (Å²) in [6, 6.07) is 1.30. The van der Waals surface area contributed by atoms with Crippen LogP contribution in [0.4, 0.5) is 15.8 Å². The van der Waals surface area contributed by atoms with E-state index in [9.17, 15) is 14.0 Å². The molecule has 0 saturated carbocycles. The summed E-state index contributed by atoms with van der Waals surface area (Å²) in [7, 11) is 5.03. The first-order chi connectivity index (χ1) is 17.8. The van der Waals surface area contributed by atoms with Gasteiger partial charge in [0.15, 0.2) is 0 Å². The highest BCUT2D eigenvalue weighted by Gasteiger charge is 2.19. The van der Waals surface area contributed by atoms with Gasteiger partial charge in [-0.25, -0.2) is 4.98 Å². The molecule has 196 valence electrons.